The fourth-order valence-corrected chi connectivity index (χ4v) is 4.47. The molecule has 2 aromatic heterocycles. The van der Waals surface area contributed by atoms with E-state index in [1.54, 1.807) is 16.9 Å². The molecule has 6 heteroatoms. The maximum atomic E-state index is 13.0. The Balaban J connectivity index is 1.54. The second-order valence-electron chi connectivity index (χ2n) is 7.22. The third-order valence-corrected chi connectivity index (χ3v) is 5.64. The number of aromatic nitrogens is 3. The first kappa shape index (κ1) is 15.6. The van der Waals surface area contributed by atoms with Crippen LogP contribution in [0.15, 0.2) is 24.7 Å². The lowest BCUT2D eigenvalue weighted by molar-refractivity contribution is 0.0488. The topological polar surface area (TPSA) is 53.7 Å². The van der Waals surface area contributed by atoms with Crippen LogP contribution in [0.25, 0.3) is 5.65 Å². The molecule has 3 atom stereocenters. The van der Waals surface area contributed by atoms with Crippen molar-refractivity contribution >= 4 is 11.6 Å². The Labute approximate surface area is 142 Å². The lowest BCUT2D eigenvalue weighted by Crippen LogP contribution is -2.52. The summed E-state index contributed by atoms with van der Waals surface area (Å²) in [6.45, 7) is 6.28. The molecule has 0 aliphatic carbocycles. The van der Waals surface area contributed by atoms with E-state index in [0.29, 0.717) is 29.3 Å². The van der Waals surface area contributed by atoms with Gasteiger partial charge < -0.3 is 4.90 Å². The maximum absolute atomic E-state index is 13.0. The van der Waals surface area contributed by atoms with Crippen molar-refractivity contribution in [3.05, 3.63) is 30.2 Å². The van der Waals surface area contributed by atoms with Gasteiger partial charge in [0.25, 0.3) is 5.91 Å². The Hall–Kier alpha value is -1.95. The zero-order chi connectivity index (χ0) is 16.7. The highest BCUT2D eigenvalue weighted by atomic mass is 16.2. The van der Waals surface area contributed by atoms with Gasteiger partial charge >= 0.3 is 0 Å². The average Bonchev–Trinajstić information content (AvgIpc) is 3.18. The third kappa shape index (κ3) is 2.59. The first-order chi connectivity index (χ1) is 11.6. The SMILES string of the molecule is C[C@@H]1CC[C@H](C)N1[C@H]1CCCN(C(=O)c2cnn3cccnc23)C1. The molecule has 4 heterocycles. The number of nitrogens with zero attached hydrogens (tertiary/aromatic N) is 5. The van der Waals surface area contributed by atoms with Crippen molar-refractivity contribution in [2.45, 2.75) is 57.7 Å². The summed E-state index contributed by atoms with van der Waals surface area (Å²) in [5.74, 6) is 0.0629. The Morgan fingerprint density at radius 1 is 1.21 bits per heavy atom. The number of hydrogen-bond acceptors (Lipinski definition) is 4. The van der Waals surface area contributed by atoms with E-state index in [1.807, 2.05) is 17.2 Å². The summed E-state index contributed by atoms with van der Waals surface area (Å²) in [5, 5.41) is 4.25. The van der Waals surface area contributed by atoms with E-state index in [-0.39, 0.29) is 5.91 Å². The molecule has 2 fully saturated rings. The van der Waals surface area contributed by atoms with Crippen LogP contribution in [0.5, 0.6) is 0 Å². The van der Waals surface area contributed by atoms with Crippen LogP contribution in [-0.4, -0.2) is 61.5 Å². The molecule has 2 aromatic rings. The highest BCUT2D eigenvalue weighted by Crippen LogP contribution is 2.30. The molecule has 2 saturated heterocycles. The minimum absolute atomic E-state index is 0.0629. The molecule has 0 bridgehead atoms. The summed E-state index contributed by atoms with van der Waals surface area (Å²) in [4.78, 5) is 22.0. The predicted octanol–water partition coefficient (Wildman–Crippen LogP) is 2.21. The molecule has 24 heavy (non-hydrogen) atoms. The van der Waals surface area contributed by atoms with Crippen LogP contribution in [0.2, 0.25) is 0 Å². The van der Waals surface area contributed by atoms with Gasteiger partial charge in [0.05, 0.1) is 6.20 Å². The molecule has 0 aromatic carbocycles. The van der Waals surface area contributed by atoms with Crippen LogP contribution >= 0.6 is 0 Å². The van der Waals surface area contributed by atoms with Gasteiger partial charge in [0.1, 0.15) is 5.56 Å². The molecule has 1 amide bonds. The summed E-state index contributed by atoms with van der Waals surface area (Å²) in [5.41, 5.74) is 1.26. The van der Waals surface area contributed by atoms with Gasteiger partial charge in [-0.25, -0.2) is 9.50 Å². The molecule has 4 rings (SSSR count). The highest BCUT2D eigenvalue weighted by molar-refractivity contribution is 5.99. The summed E-state index contributed by atoms with van der Waals surface area (Å²) in [7, 11) is 0. The van der Waals surface area contributed by atoms with E-state index >= 15 is 0 Å². The normalized spacial score (nSPS) is 28.6. The minimum Gasteiger partial charge on any atom is -0.337 e. The first-order valence-corrected chi connectivity index (χ1v) is 9.00. The molecule has 6 nitrogen and oxygen atoms in total. The smallest absolute Gasteiger partial charge is 0.259 e. The summed E-state index contributed by atoms with van der Waals surface area (Å²) < 4.78 is 1.67. The van der Waals surface area contributed by atoms with Gasteiger partial charge in [0.2, 0.25) is 0 Å². The van der Waals surface area contributed by atoms with Gasteiger partial charge in [-0.15, -0.1) is 0 Å². The van der Waals surface area contributed by atoms with Crippen LogP contribution < -0.4 is 0 Å². The third-order valence-electron chi connectivity index (χ3n) is 5.64. The first-order valence-electron chi connectivity index (χ1n) is 9.00. The minimum atomic E-state index is 0.0629. The van der Waals surface area contributed by atoms with Crippen LogP contribution in [0.3, 0.4) is 0 Å². The number of likely N-dealkylation sites (tertiary alicyclic amines) is 2. The van der Waals surface area contributed by atoms with Crippen LogP contribution in [0, 0.1) is 0 Å². The maximum Gasteiger partial charge on any atom is 0.259 e. The number of hydrogen-bond donors (Lipinski definition) is 0. The number of fused-ring (bicyclic) bond motifs is 1. The largest absolute Gasteiger partial charge is 0.337 e. The predicted molar refractivity (Wildman–Crippen MR) is 91.9 cm³/mol. The van der Waals surface area contributed by atoms with Crippen molar-refractivity contribution in [3.63, 3.8) is 0 Å². The van der Waals surface area contributed by atoms with Crippen molar-refractivity contribution in [1.82, 2.24) is 24.4 Å². The van der Waals surface area contributed by atoms with Crippen molar-refractivity contribution in [3.8, 4) is 0 Å². The molecular weight excluding hydrogens is 302 g/mol. The van der Waals surface area contributed by atoms with Crippen LogP contribution in [-0.2, 0) is 0 Å². The molecule has 0 saturated carbocycles. The van der Waals surface area contributed by atoms with E-state index in [4.69, 9.17) is 0 Å². The van der Waals surface area contributed by atoms with Crippen molar-refractivity contribution in [1.29, 1.82) is 0 Å². The summed E-state index contributed by atoms with van der Waals surface area (Å²) in [6.07, 6.45) is 9.97. The zero-order valence-corrected chi connectivity index (χ0v) is 14.4. The number of rotatable bonds is 2. The van der Waals surface area contributed by atoms with Crippen molar-refractivity contribution in [2.24, 2.45) is 0 Å². The van der Waals surface area contributed by atoms with Gasteiger partial charge in [0, 0.05) is 43.6 Å². The molecule has 2 aliphatic rings. The van der Waals surface area contributed by atoms with Crippen molar-refractivity contribution in [2.75, 3.05) is 13.1 Å². The standard InChI is InChI=1S/C18H25N5O/c1-13-6-7-14(2)23(13)15-5-3-9-21(12-15)18(24)16-11-20-22-10-4-8-19-17(16)22/h4,8,10-11,13-15H,3,5-7,9,12H2,1-2H3/t13-,14+,15-/m0/s1. The molecule has 128 valence electrons. The molecular formula is C18H25N5O. The Morgan fingerprint density at radius 3 is 2.79 bits per heavy atom. The summed E-state index contributed by atoms with van der Waals surface area (Å²) >= 11 is 0. The van der Waals surface area contributed by atoms with Gasteiger partial charge in [-0.3, -0.25) is 9.69 Å². The van der Waals surface area contributed by atoms with Crippen LogP contribution in [0.1, 0.15) is 49.9 Å². The van der Waals surface area contributed by atoms with E-state index in [9.17, 15) is 4.79 Å². The van der Waals surface area contributed by atoms with E-state index in [0.717, 1.165) is 19.5 Å². The average molecular weight is 327 g/mol. The van der Waals surface area contributed by atoms with Crippen LogP contribution in [0.4, 0.5) is 0 Å². The zero-order valence-electron chi connectivity index (χ0n) is 14.4. The fraction of sp³-hybridized carbons (Fsp3) is 0.611. The van der Waals surface area contributed by atoms with E-state index in [1.165, 1.54) is 19.3 Å². The quantitative estimate of drug-likeness (QED) is 0.848. The van der Waals surface area contributed by atoms with Gasteiger partial charge in [-0.1, -0.05) is 0 Å². The lowest BCUT2D eigenvalue weighted by Gasteiger charge is -2.41. The molecule has 0 spiro atoms. The molecule has 0 N–H and O–H groups in total. The number of amides is 1. The summed E-state index contributed by atoms with van der Waals surface area (Å²) in [6, 6.07) is 3.55. The van der Waals surface area contributed by atoms with Gasteiger partial charge in [-0.05, 0) is 45.6 Å². The highest BCUT2D eigenvalue weighted by Gasteiger charge is 2.36. The second kappa shape index (κ2) is 6.16. The number of carbonyl (C=O) groups excluding carboxylic acids is 1. The molecule has 0 unspecified atom stereocenters. The number of piperidine rings is 1. The molecule has 2 aliphatic heterocycles. The fourth-order valence-electron chi connectivity index (χ4n) is 4.47. The Bertz CT molecular complexity index is 732. The Morgan fingerprint density at radius 2 is 2.00 bits per heavy atom. The van der Waals surface area contributed by atoms with Crippen molar-refractivity contribution < 1.29 is 4.79 Å². The van der Waals surface area contributed by atoms with E-state index in [2.05, 4.69) is 28.8 Å². The Kier molecular flexibility index (Phi) is 4.00. The van der Waals surface area contributed by atoms with Gasteiger partial charge in [-0.2, -0.15) is 5.10 Å². The lowest BCUT2D eigenvalue weighted by atomic mass is 10.0. The number of carbonyl (C=O) groups is 1. The molecule has 0 radical (unpaired) electrons. The van der Waals surface area contributed by atoms with Gasteiger partial charge in [0.15, 0.2) is 5.65 Å². The second-order valence-corrected chi connectivity index (χ2v) is 7.22. The monoisotopic (exact) mass is 327 g/mol. The van der Waals surface area contributed by atoms with E-state index < -0.39 is 0 Å².